The predicted molar refractivity (Wildman–Crippen MR) is 144 cm³/mol. The molecule has 3 aliphatic rings. The van der Waals surface area contributed by atoms with Crippen LogP contribution < -0.4 is 15.8 Å². The minimum absolute atomic E-state index is 0.0866. The van der Waals surface area contributed by atoms with Gasteiger partial charge in [-0.2, -0.15) is 0 Å². The fraction of sp³-hybridized carbons (Fsp3) is 0.357. The number of piperidine rings is 1. The Balaban J connectivity index is 1.30. The number of nitrogens with zero attached hydrogens (tertiary/aromatic N) is 2. The maximum Gasteiger partial charge on any atom is 0.235 e. The summed E-state index contributed by atoms with van der Waals surface area (Å²) < 4.78 is 20.1. The molecule has 0 radical (unpaired) electrons. The van der Waals surface area contributed by atoms with Crippen LogP contribution in [0.4, 0.5) is 15.9 Å². The molecule has 1 spiro atoms. The predicted octanol–water partition coefficient (Wildman–Crippen LogP) is 6.36. The Morgan fingerprint density at radius 2 is 1.92 bits per heavy atom. The number of anilines is 2. The first-order valence-corrected chi connectivity index (χ1v) is 13.3. The molecule has 2 aromatic carbocycles. The number of pyridine rings is 1. The number of halogens is 3. The number of aromatic nitrogens is 1. The van der Waals surface area contributed by atoms with Gasteiger partial charge in [0.05, 0.1) is 10.4 Å². The number of likely N-dealkylation sites (tertiary alicyclic amines) is 1. The molecule has 2 fully saturated rings. The standard InChI is InChI=1S/C28H27Cl2FN4O2/c1-15(24-20(29)5-6-21(31)25(24)30)37-23-13-17(14-33-26(23)32)16-2-7-22-19(12-16)28(27(36)34-22)8-10-35(11-9-28)18-3-4-18/h2,5-7,12-15,18H,3-4,8-11H2,1H3,(H2,32,33)(H,34,36)/t15-/m1/s1. The van der Waals surface area contributed by atoms with Gasteiger partial charge in [-0.15, -0.1) is 0 Å². The molecular formula is C28H27Cl2FN4O2. The van der Waals surface area contributed by atoms with Crippen molar-refractivity contribution in [1.82, 2.24) is 9.88 Å². The molecule has 1 saturated heterocycles. The molecule has 6 rings (SSSR count). The Bertz CT molecular complexity index is 1400. The summed E-state index contributed by atoms with van der Waals surface area (Å²) in [6.45, 7) is 3.60. The monoisotopic (exact) mass is 540 g/mol. The SMILES string of the molecule is C[C@@H](Oc1cc(-c2ccc3c(c2)C2(CCN(C4CC4)CC2)C(=O)N3)cnc1N)c1c(Cl)ccc(F)c1Cl. The minimum Gasteiger partial charge on any atom is -0.482 e. The fourth-order valence-corrected chi connectivity index (χ4v) is 6.35. The summed E-state index contributed by atoms with van der Waals surface area (Å²) in [5.74, 6) is 0.0477. The molecule has 0 unspecified atom stereocenters. The van der Waals surface area contributed by atoms with Gasteiger partial charge in [0, 0.05) is 34.1 Å². The lowest BCUT2D eigenvalue weighted by atomic mass is 9.73. The van der Waals surface area contributed by atoms with Crippen molar-refractivity contribution in [2.24, 2.45) is 0 Å². The molecule has 3 heterocycles. The Hall–Kier alpha value is -2.87. The highest BCUT2D eigenvalue weighted by atomic mass is 35.5. The van der Waals surface area contributed by atoms with Crippen LogP contribution >= 0.6 is 23.2 Å². The number of nitrogens with one attached hydrogen (secondary N) is 1. The lowest BCUT2D eigenvalue weighted by molar-refractivity contribution is -0.122. The fourth-order valence-electron chi connectivity index (χ4n) is 5.67. The number of amides is 1. The van der Waals surface area contributed by atoms with Gasteiger partial charge in [0.2, 0.25) is 5.91 Å². The van der Waals surface area contributed by atoms with Gasteiger partial charge < -0.3 is 20.7 Å². The van der Waals surface area contributed by atoms with Crippen LogP contribution in [0.25, 0.3) is 11.1 Å². The molecule has 1 saturated carbocycles. The summed E-state index contributed by atoms with van der Waals surface area (Å²) in [5.41, 5.74) is 9.58. The van der Waals surface area contributed by atoms with E-state index in [4.69, 9.17) is 33.7 Å². The molecule has 3 aromatic rings. The number of nitrogens with two attached hydrogens (primary N) is 1. The van der Waals surface area contributed by atoms with Crippen LogP contribution in [0.3, 0.4) is 0 Å². The Labute approximate surface area is 224 Å². The second-order valence-corrected chi connectivity index (χ2v) is 11.0. The maximum atomic E-state index is 14.1. The second-order valence-electron chi connectivity index (χ2n) is 10.2. The van der Waals surface area contributed by atoms with E-state index in [2.05, 4.69) is 21.3 Å². The summed E-state index contributed by atoms with van der Waals surface area (Å²) in [4.78, 5) is 20.0. The molecule has 1 atom stereocenters. The van der Waals surface area contributed by atoms with Crippen molar-refractivity contribution in [3.63, 3.8) is 0 Å². The van der Waals surface area contributed by atoms with E-state index in [0.717, 1.165) is 48.3 Å². The average Bonchev–Trinajstić information content (AvgIpc) is 3.70. The normalized spacial score (nSPS) is 19.5. The van der Waals surface area contributed by atoms with Gasteiger partial charge in [-0.25, -0.2) is 9.37 Å². The maximum absolute atomic E-state index is 14.1. The number of nitrogen functional groups attached to an aromatic ring is 1. The Kier molecular flexibility index (Phi) is 6.05. The van der Waals surface area contributed by atoms with E-state index < -0.39 is 17.3 Å². The highest BCUT2D eigenvalue weighted by Gasteiger charge is 2.49. The molecule has 3 N–H and O–H groups in total. The summed E-state index contributed by atoms with van der Waals surface area (Å²) >= 11 is 12.5. The molecule has 6 nitrogen and oxygen atoms in total. The zero-order chi connectivity index (χ0) is 25.9. The largest absolute Gasteiger partial charge is 0.482 e. The zero-order valence-corrected chi connectivity index (χ0v) is 21.9. The highest BCUT2D eigenvalue weighted by molar-refractivity contribution is 6.36. The summed E-state index contributed by atoms with van der Waals surface area (Å²) in [7, 11) is 0. The number of fused-ring (bicyclic) bond motifs is 2. The smallest absolute Gasteiger partial charge is 0.235 e. The molecular weight excluding hydrogens is 514 g/mol. The average molecular weight is 541 g/mol. The zero-order valence-electron chi connectivity index (χ0n) is 20.4. The second kappa shape index (κ2) is 9.15. The van der Waals surface area contributed by atoms with Crippen molar-refractivity contribution < 1.29 is 13.9 Å². The Morgan fingerprint density at radius 3 is 2.65 bits per heavy atom. The van der Waals surface area contributed by atoms with E-state index in [0.29, 0.717) is 22.4 Å². The van der Waals surface area contributed by atoms with Crippen LogP contribution in [-0.2, 0) is 10.2 Å². The topological polar surface area (TPSA) is 80.5 Å². The van der Waals surface area contributed by atoms with Gasteiger partial charge in [0.25, 0.3) is 0 Å². The number of hydrogen-bond donors (Lipinski definition) is 2. The number of rotatable bonds is 5. The van der Waals surface area contributed by atoms with Gasteiger partial charge in [-0.3, -0.25) is 4.79 Å². The third-order valence-corrected chi connectivity index (χ3v) is 8.65. The number of ether oxygens (including phenoxy) is 1. The van der Waals surface area contributed by atoms with Crippen molar-refractivity contribution in [1.29, 1.82) is 0 Å². The van der Waals surface area contributed by atoms with Gasteiger partial charge in [0.15, 0.2) is 11.6 Å². The number of carbonyl (C=O) groups excluding carboxylic acids is 1. The van der Waals surface area contributed by atoms with E-state index in [1.807, 2.05) is 12.1 Å². The number of benzene rings is 2. The first kappa shape index (κ1) is 24.5. The molecule has 2 aliphatic heterocycles. The van der Waals surface area contributed by atoms with E-state index in [1.165, 1.54) is 25.0 Å². The first-order chi connectivity index (χ1) is 17.8. The number of carbonyl (C=O) groups is 1. The van der Waals surface area contributed by atoms with Crippen LogP contribution in [0.15, 0.2) is 42.6 Å². The molecule has 1 aromatic heterocycles. The number of hydrogen-bond acceptors (Lipinski definition) is 5. The van der Waals surface area contributed by atoms with Gasteiger partial charge in [-0.05, 0) is 87.2 Å². The van der Waals surface area contributed by atoms with E-state index in [1.54, 1.807) is 19.2 Å². The lowest BCUT2D eigenvalue weighted by Crippen LogP contribution is -2.47. The Morgan fingerprint density at radius 1 is 1.16 bits per heavy atom. The quantitative estimate of drug-likeness (QED) is 0.367. The van der Waals surface area contributed by atoms with Crippen molar-refractivity contribution in [3.05, 3.63) is 69.6 Å². The van der Waals surface area contributed by atoms with Gasteiger partial charge in [0.1, 0.15) is 11.9 Å². The highest BCUT2D eigenvalue weighted by Crippen LogP contribution is 2.48. The molecule has 37 heavy (non-hydrogen) atoms. The third-order valence-electron chi connectivity index (χ3n) is 7.94. The van der Waals surface area contributed by atoms with Crippen LogP contribution in [0, 0.1) is 5.82 Å². The summed E-state index contributed by atoms with van der Waals surface area (Å²) in [5, 5.41) is 3.32. The van der Waals surface area contributed by atoms with Crippen LogP contribution in [0.2, 0.25) is 10.0 Å². The summed E-state index contributed by atoms with van der Waals surface area (Å²) in [6.07, 6.45) is 5.18. The van der Waals surface area contributed by atoms with E-state index in [9.17, 15) is 9.18 Å². The van der Waals surface area contributed by atoms with Crippen molar-refractivity contribution in [3.8, 4) is 16.9 Å². The summed E-state index contributed by atoms with van der Waals surface area (Å²) in [6, 6.07) is 11.2. The van der Waals surface area contributed by atoms with Crippen LogP contribution in [0.1, 0.15) is 49.8 Å². The minimum atomic E-state index is -0.670. The van der Waals surface area contributed by atoms with Crippen molar-refractivity contribution in [2.75, 3.05) is 24.1 Å². The van der Waals surface area contributed by atoms with Crippen LogP contribution in [0.5, 0.6) is 5.75 Å². The molecule has 192 valence electrons. The van der Waals surface area contributed by atoms with E-state index in [-0.39, 0.29) is 16.7 Å². The molecule has 9 heteroatoms. The molecule has 0 bridgehead atoms. The van der Waals surface area contributed by atoms with Crippen LogP contribution in [-0.4, -0.2) is 34.9 Å². The lowest BCUT2D eigenvalue weighted by Gasteiger charge is -2.38. The van der Waals surface area contributed by atoms with Crippen molar-refractivity contribution >= 4 is 40.6 Å². The first-order valence-electron chi connectivity index (χ1n) is 12.5. The van der Waals surface area contributed by atoms with Gasteiger partial charge in [-0.1, -0.05) is 29.3 Å². The molecule has 1 amide bonds. The molecule has 1 aliphatic carbocycles. The van der Waals surface area contributed by atoms with E-state index >= 15 is 0 Å². The third kappa shape index (κ3) is 4.23. The van der Waals surface area contributed by atoms with Gasteiger partial charge >= 0.3 is 0 Å². The van der Waals surface area contributed by atoms with Crippen molar-refractivity contribution in [2.45, 2.75) is 50.2 Å².